The van der Waals surface area contributed by atoms with Crippen LogP contribution < -0.4 is 15.4 Å². The minimum absolute atomic E-state index is 0.159. The molecule has 6 heteroatoms. The van der Waals surface area contributed by atoms with Crippen LogP contribution in [0.1, 0.15) is 17.5 Å². The molecule has 134 valence electrons. The highest BCUT2D eigenvalue weighted by Gasteiger charge is 2.03. The predicted molar refractivity (Wildman–Crippen MR) is 106 cm³/mol. The van der Waals surface area contributed by atoms with Gasteiger partial charge in [0.2, 0.25) is 0 Å². The Morgan fingerprint density at radius 1 is 1.12 bits per heavy atom. The summed E-state index contributed by atoms with van der Waals surface area (Å²) in [7, 11) is 0. The molecule has 0 aliphatic carbocycles. The first-order chi connectivity index (χ1) is 12.0. The Kier molecular flexibility index (Phi) is 8.09. The second-order valence-corrected chi connectivity index (χ2v) is 7.02. The number of hydrogen-bond acceptors (Lipinski definition) is 2. The third-order valence-corrected chi connectivity index (χ3v) is 4.37. The molecule has 2 aromatic rings. The van der Waals surface area contributed by atoms with Crippen LogP contribution in [0.4, 0.5) is 4.79 Å². The lowest BCUT2D eigenvalue weighted by Crippen LogP contribution is -2.37. The number of carbonyl (C=O) groups excluding carboxylic acids is 1. The van der Waals surface area contributed by atoms with Gasteiger partial charge in [0, 0.05) is 17.6 Å². The number of amides is 2. The Labute approximate surface area is 162 Å². The van der Waals surface area contributed by atoms with E-state index in [1.807, 2.05) is 12.1 Å². The maximum absolute atomic E-state index is 11.7. The van der Waals surface area contributed by atoms with E-state index in [4.69, 9.17) is 16.3 Å². The van der Waals surface area contributed by atoms with Gasteiger partial charge < -0.3 is 15.4 Å². The molecule has 2 N–H and O–H groups in total. The fraction of sp³-hybridized carbons (Fsp3) is 0.316. The van der Waals surface area contributed by atoms with E-state index in [0.29, 0.717) is 36.9 Å². The molecule has 2 rings (SSSR count). The molecule has 0 saturated heterocycles. The molecule has 2 aromatic carbocycles. The Balaban J connectivity index is 1.55. The van der Waals surface area contributed by atoms with Crippen molar-refractivity contribution < 1.29 is 9.53 Å². The average molecular weight is 426 g/mol. The van der Waals surface area contributed by atoms with E-state index < -0.39 is 0 Å². The van der Waals surface area contributed by atoms with Crippen LogP contribution in [0.15, 0.2) is 46.9 Å². The molecule has 0 radical (unpaired) electrons. The molecule has 0 aliphatic heterocycles. The Morgan fingerprint density at radius 2 is 1.84 bits per heavy atom. The molecule has 0 fully saturated rings. The number of halogens is 2. The van der Waals surface area contributed by atoms with Crippen molar-refractivity contribution in [3.63, 3.8) is 0 Å². The van der Waals surface area contributed by atoms with Crippen LogP contribution in [-0.2, 0) is 6.42 Å². The molecule has 2 amide bonds. The first kappa shape index (κ1) is 19.6. The number of hydrogen-bond donors (Lipinski definition) is 2. The van der Waals surface area contributed by atoms with Crippen molar-refractivity contribution in [3.8, 4) is 5.75 Å². The Hall–Kier alpha value is -1.72. The SMILES string of the molecule is Cc1ccc(CCNC(=O)NCCCOc2ccc(Br)cc2Cl)cc1. The minimum atomic E-state index is -0.159. The van der Waals surface area contributed by atoms with Gasteiger partial charge in [-0.3, -0.25) is 0 Å². The zero-order valence-corrected chi connectivity index (χ0v) is 16.5. The summed E-state index contributed by atoms with van der Waals surface area (Å²) in [6, 6.07) is 13.6. The van der Waals surface area contributed by atoms with Crippen LogP contribution in [0.25, 0.3) is 0 Å². The van der Waals surface area contributed by atoms with Gasteiger partial charge >= 0.3 is 6.03 Å². The van der Waals surface area contributed by atoms with Crippen LogP contribution in [0.2, 0.25) is 5.02 Å². The lowest BCUT2D eigenvalue weighted by molar-refractivity contribution is 0.239. The van der Waals surface area contributed by atoms with Gasteiger partial charge in [0.05, 0.1) is 11.6 Å². The maximum Gasteiger partial charge on any atom is 0.314 e. The van der Waals surface area contributed by atoms with Gasteiger partial charge in [0.1, 0.15) is 5.75 Å². The first-order valence-electron chi connectivity index (χ1n) is 8.19. The smallest absolute Gasteiger partial charge is 0.314 e. The van der Waals surface area contributed by atoms with Crippen molar-refractivity contribution in [2.45, 2.75) is 19.8 Å². The third-order valence-electron chi connectivity index (χ3n) is 3.58. The van der Waals surface area contributed by atoms with Crippen molar-refractivity contribution in [2.75, 3.05) is 19.7 Å². The summed E-state index contributed by atoms with van der Waals surface area (Å²) in [5.41, 5.74) is 2.45. The maximum atomic E-state index is 11.7. The zero-order chi connectivity index (χ0) is 18.1. The largest absolute Gasteiger partial charge is 0.492 e. The molecule has 0 unspecified atom stereocenters. The Morgan fingerprint density at radius 3 is 2.56 bits per heavy atom. The Bertz CT molecular complexity index is 692. The minimum Gasteiger partial charge on any atom is -0.492 e. The molecule has 4 nitrogen and oxygen atoms in total. The molecule has 0 bridgehead atoms. The van der Waals surface area contributed by atoms with Gasteiger partial charge in [-0.25, -0.2) is 4.79 Å². The highest BCUT2D eigenvalue weighted by atomic mass is 79.9. The molecule has 0 saturated carbocycles. The number of urea groups is 1. The van der Waals surface area contributed by atoms with E-state index in [-0.39, 0.29) is 6.03 Å². The average Bonchev–Trinajstić information content (AvgIpc) is 2.58. The lowest BCUT2D eigenvalue weighted by atomic mass is 10.1. The molecular formula is C19H22BrClN2O2. The van der Waals surface area contributed by atoms with Gasteiger partial charge in [-0.05, 0) is 43.5 Å². The highest BCUT2D eigenvalue weighted by Crippen LogP contribution is 2.27. The fourth-order valence-corrected chi connectivity index (χ4v) is 2.91. The third kappa shape index (κ3) is 7.36. The van der Waals surface area contributed by atoms with Crippen LogP contribution in [0.3, 0.4) is 0 Å². The molecule has 0 spiro atoms. The number of benzene rings is 2. The summed E-state index contributed by atoms with van der Waals surface area (Å²) < 4.78 is 6.51. The van der Waals surface area contributed by atoms with Crippen LogP contribution in [0.5, 0.6) is 5.75 Å². The van der Waals surface area contributed by atoms with Crippen molar-refractivity contribution >= 4 is 33.6 Å². The van der Waals surface area contributed by atoms with Crippen molar-refractivity contribution in [2.24, 2.45) is 0 Å². The molecular weight excluding hydrogens is 404 g/mol. The van der Waals surface area contributed by atoms with E-state index in [0.717, 1.165) is 10.9 Å². The van der Waals surface area contributed by atoms with Crippen molar-refractivity contribution in [1.29, 1.82) is 0 Å². The first-order valence-corrected chi connectivity index (χ1v) is 9.37. The second kappa shape index (κ2) is 10.3. The van der Waals surface area contributed by atoms with Gasteiger partial charge in [-0.1, -0.05) is 57.4 Å². The van der Waals surface area contributed by atoms with Crippen LogP contribution in [0, 0.1) is 6.92 Å². The van der Waals surface area contributed by atoms with E-state index >= 15 is 0 Å². The summed E-state index contributed by atoms with van der Waals surface area (Å²) in [5, 5.41) is 6.24. The van der Waals surface area contributed by atoms with Crippen molar-refractivity contribution in [3.05, 3.63) is 63.1 Å². The fourth-order valence-electron chi connectivity index (χ4n) is 2.19. The number of rotatable bonds is 8. The number of aryl methyl sites for hydroxylation is 1. The van der Waals surface area contributed by atoms with E-state index in [2.05, 4.69) is 57.8 Å². The summed E-state index contributed by atoms with van der Waals surface area (Å²) in [4.78, 5) is 11.7. The lowest BCUT2D eigenvalue weighted by Gasteiger charge is -2.10. The normalized spacial score (nSPS) is 10.4. The number of ether oxygens (including phenoxy) is 1. The summed E-state index contributed by atoms with van der Waals surface area (Å²) >= 11 is 9.42. The van der Waals surface area contributed by atoms with Gasteiger partial charge in [0.25, 0.3) is 0 Å². The quantitative estimate of drug-likeness (QED) is 0.601. The van der Waals surface area contributed by atoms with E-state index in [1.54, 1.807) is 6.07 Å². The molecule has 0 aromatic heterocycles. The van der Waals surface area contributed by atoms with E-state index in [1.165, 1.54) is 11.1 Å². The van der Waals surface area contributed by atoms with Crippen LogP contribution in [-0.4, -0.2) is 25.7 Å². The summed E-state index contributed by atoms with van der Waals surface area (Å²) in [5.74, 6) is 0.646. The van der Waals surface area contributed by atoms with Gasteiger partial charge in [-0.15, -0.1) is 0 Å². The molecule has 25 heavy (non-hydrogen) atoms. The predicted octanol–water partition coefficient (Wildman–Crippen LogP) is 4.72. The molecule has 0 atom stereocenters. The highest BCUT2D eigenvalue weighted by molar-refractivity contribution is 9.10. The standard InChI is InChI=1S/C19H22BrClN2O2/c1-14-3-5-15(6-4-14)9-11-23-19(24)22-10-2-12-25-18-8-7-16(20)13-17(18)21/h3-8,13H,2,9-12H2,1H3,(H2,22,23,24). The van der Waals surface area contributed by atoms with Gasteiger partial charge in [0.15, 0.2) is 0 Å². The number of carbonyl (C=O) groups is 1. The van der Waals surface area contributed by atoms with Crippen molar-refractivity contribution in [1.82, 2.24) is 10.6 Å². The van der Waals surface area contributed by atoms with Gasteiger partial charge in [-0.2, -0.15) is 0 Å². The van der Waals surface area contributed by atoms with E-state index in [9.17, 15) is 4.79 Å². The topological polar surface area (TPSA) is 50.4 Å². The molecule has 0 heterocycles. The molecule has 0 aliphatic rings. The second-order valence-electron chi connectivity index (χ2n) is 5.70. The zero-order valence-electron chi connectivity index (χ0n) is 14.1. The van der Waals surface area contributed by atoms with Crippen LogP contribution >= 0.6 is 27.5 Å². The monoisotopic (exact) mass is 424 g/mol. The summed E-state index contributed by atoms with van der Waals surface area (Å²) in [6.07, 6.45) is 1.52. The number of nitrogens with one attached hydrogen (secondary N) is 2. The summed E-state index contributed by atoms with van der Waals surface area (Å²) in [6.45, 7) is 3.71.